The molecule has 2 atom stereocenters. The number of hydrogen-bond acceptors (Lipinski definition) is 2. The highest BCUT2D eigenvalue weighted by Gasteiger charge is 2.21. The third kappa shape index (κ3) is 2.47. The smallest absolute Gasteiger partial charge is 0.0679 e. The van der Waals surface area contributed by atoms with Gasteiger partial charge in [0.15, 0.2) is 0 Å². The van der Waals surface area contributed by atoms with E-state index in [0.29, 0.717) is 6.04 Å². The van der Waals surface area contributed by atoms with E-state index in [1.165, 1.54) is 5.56 Å². The maximum Gasteiger partial charge on any atom is 0.0679 e. The van der Waals surface area contributed by atoms with Crippen LogP contribution in [0.1, 0.15) is 12.0 Å². The number of nitrogens with one attached hydrogen (secondary N) is 1. The summed E-state index contributed by atoms with van der Waals surface area (Å²) in [6.45, 7) is 0.720. The molecule has 0 spiro atoms. The minimum atomic E-state index is -0.174. The van der Waals surface area contributed by atoms with E-state index in [9.17, 15) is 5.11 Å². The molecule has 1 heterocycles. The van der Waals surface area contributed by atoms with Gasteiger partial charge in [-0.05, 0) is 30.5 Å². The number of aliphatic hydroxyl groups excluding tert-OH is 1. The highest BCUT2D eigenvalue weighted by molar-refractivity contribution is 6.30. The van der Waals surface area contributed by atoms with Gasteiger partial charge in [-0.15, -0.1) is 0 Å². The van der Waals surface area contributed by atoms with E-state index in [-0.39, 0.29) is 6.10 Å². The SMILES string of the molecule is O[C@H]1CN[C@@H](Cc2ccc(Cl)cc2)C1. The van der Waals surface area contributed by atoms with Gasteiger partial charge in [0.2, 0.25) is 0 Å². The number of rotatable bonds is 2. The Kier molecular flexibility index (Phi) is 3.06. The fraction of sp³-hybridized carbons (Fsp3) is 0.455. The number of halogens is 1. The Morgan fingerprint density at radius 1 is 1.36 bits per heavy atom. The second-order valence-corrected chi connectivity index (χ2v) is 4.26. The Hall–Kier alpha value is -0.570. The quantitative estimate of drug-likeness (QED) is 0.779. The van der Waals surface area contributed by atoms with Crippen LogP contribution in [0.2, 0.25) is 5.02 Å². The van der Waals surface area contributed by atoms with E-state index < -0.39 is 0 Å². The maximum absolute atomic E-state index is 9.34. The molecule has 1 aliphatic rings. The molecule has 76 valence electrons. The minimum absolute atomic E-state index is 0.174. The molecular formula is C11H14ClNO. The molecule has 2 nitrogen and oxygen atoms in total. The largest absolute Gasteiger partial charge is 0.392 e. The van der Waals surface area contributed by atoms with E-state index in [2.05, 4.69) is 5.32 Å². The Balaban J connectivity index is 1.94. The third-order valence-electron chi connectivity index (χ3n) is 2.59. The zero-order valence-electron chi connectivity index (χ0n) is 7.91. The fourth-order valence-electron chi connectivity index (χ4n) is 1.86. The molecule has 2 rings (SSSR count). The van der Waals surface area contributed by atoms with Gasteiger partial charge in [0.05, 0.1) is 6.10 Å². The van der Waals surface area contributed by atoms with Crippen LogP contribution in [0.4, 0.5) is 0 Å². The summed E-state index contributed by atoms with van der Waals surface area (Å²) in [5.41, 5.74) is 1.26. The molecule has 0 radical (unpaired) electrons. The zero-order valence-corrected chi connectivity index (χ0v) is 8.67. The van der Waals surface area contributed by atoms with Gasteiger partial charge in [0.1, 0.15) is 0 Å². The molecule has 1 aliphatic heterocycles. The Bertz CT molecular complexity index is 299. The Labute approximate surface area is 88.9 Å². The van der Waals surface area contributed by atoms with Crippen molar-refractivity contribution in [2.24, 2.45) is 0 Å². The van der Waals surface area contributed by atoms with Crippen LogP contribution in [0.3, 0.4) is 0 Å². The van der Waals surface area contributed by atoms with Gasteiger partial charge in [-0.3, -0.25) is 0 Å². The molecule has 0 saturated carbocycles. The van der Waals surface area contributed by atoms with E-state index in [1.54, 1.807) is 0 Å². The van der Waals surface area contributed by atoms with Crippen molar-refractivity contribution in [1.82, 2.24) is 5.32 Å². The van der Waals surface area contributed by atoms with Crippen molar-refractivity contribution < 1.29 is 5.11 Å². The summed E-state index contributed by atoms with van der Waals surface area (Å²) in [7, 11) is 0. The number of benzene rings is 1. The molecular weight excluding hydrogens is 198 g/mol. The monoisotopic (exact) mass is 211 g/mol. The molecule has 0 aliphatic carbocycles. The molecule has 1 saturated heterocycles. The van der Waals surface area contributed by atoms with E-state index in [1.807, 2.05) is 24.3 Å². The summed E-state index contributed by atoms with van der Waals surface area (Å²) >= 11 is 5.80. The Morgan fingerprint density at radius 3 is 2.64 bits per heavy atom. The first-order valence-corrected chi connectivity index (χ1v) is 5.28. The van der Waals surface area contributed by atoms with Gasteiger partial charge in [0, 0.05) is 17.6 Å². The van der Waals surface area contributed by atoms with Crippen LogP contribution >= 0.6 is 11.6 Å². The first-order chi connectivity index (χ1) is 6.74. The highest BCUT2D eigenvalue weighted by atomic mass is 35.5. The van der Waals surface area contributed by atoms with Gasteiger partial charge in [-0.25, -0.2) is 0 Å². The molecule has 1 aromatic rings. The standard InChI is InChI=1S/C11H14ClNO/c12-9-3-1-8(2-4-9)5-10-6-11(14)7-13-10/h1-4,10-11,13-14H,5-7H2/t10-,11+/m0/s1. The molecule has 0 bridgehead atoms. The lowest BCUT2D eigenvalue weighted by molar-refractivity contribution is 0.193. The summed E-state index contributed by atoms with van der Waals surface area (Å²) in [6.07, 6.45) is 1.64. The number of β-amino-alcohol motifs (C(OH)–C–C–N with tert-alkyl or cyclic N) is 1. The average Bonchev–Trinajstić information content (AvgIpc) is 2.56. The maximum atomic E-state index is 9.34. The first kappa shape index (κ1) is 9.97. The van der Waals surface area contributed by atoms with Gasteiger partial charge < -0.3 is 10.4 Å². The summed E-state index contributed by atoms with van der Waals surface area (Å²) < 4.78 is 0. The molecule has 0 amide bonds. The van der Waals surface area contributed by atoms with E-state index in [0.717, 1.165) is 24.4 Å². The second-order valence-electron chi connectivity index (χ2n) is 3.83. The molecule has 0 aromatic heterocycles. The summed E-state index contributed by atoms with van der Waals surface area (Å²) in [4.78, 5) is 0. The van der Waals surface area contributed by atoms with Gasteiger partial charge in [-0.2, -0.15) is 0 Å². The zero-order chi connectivity index (χ0) is 9.97. The molecule has 1 fully saturated rings. The molecule has 3 heteroatoms. The van der Waals surface area contributed by atoms with Gasteiger partial charge >= 0.3 is 0 Å². The molecule has 2 N–H and O–H groups in total. The van der Waals surface area contributed by atoms with Crippen LogP contribution in [0.15, 0.2) is 24.3 Å². The first-order valence-electron chi connectivity index (χ1n) is 4.90. The normalized spacial score (nSPS) is 26.7. The average molecular weight is 212 g/mol. The lowest BCUT2D eigenvalue weighted by Gasteiger charge is -2.09. The van der Waals surface area contributed by atoms with Crippen molar-refractivity contribution in [3.8, 4) is 0 Å². The highest BCUT2D eigenvalue weighted by Crippen LogP contribution is 2.15. The van der Waals surface area contributed by atoms with Crippen LogP contribution in [0.5, 0.6) is 0 Å². The van der Waals surface area contributed by atoms with Crippen LogP contribution in [-0.4, -0.2) is 23.8 Å². The van der Waals surface area contributed by atoms with Crippen molar-refractivity contribution >= 4 is 11.6 Å². The lowest BCUT2D eigenvalue weighted by atomic mass is 10.0. The van der Waals surface area contributed by atoms with Crippen molar-refractivity contribution in [2.45, 2.75) is 25.0 Å². The van der Waals surface area contributed by atoms with Gasteiger partial charge in [0.25, 0.3) is 0 Å². The van der Waals surface area contributed by atoms with E-state index in [4.69, 9.17) is 11.6 Å². The van der Waals surface area contributed by atoms with Crippen molar-refractivity contribution in [3.05, 3.63) is 34.9 Å². The lowest BCUT2D eigenvalue weighted by Crippen LogP contribution is -2.23. The number of aliphatic hydroxyl groups is 1. The third-order valence-corrected chi connectivity index (χ3v) is 2.85. The summed E-state index contributed by atoms with van der Waals surface area (Å²) in [5, 5.41) is 13.4. The summed E-state index contributed by atoms with van der Waals surface area (Å²) in [6, 6.07) is 8.29. The van der Waals surface area contributed by atoms with Crippen LogP contribution in [0.25, 0.3) is 0 Å². The predicted octanol–water partition coefficient (Wildman–Crippen LogP) is 1.61. The summed E-state index contributed by atoms with van der Waals surface area (Å²) in [5.74, 6) is 0. The van der Waals surface area contributed by atoms with Crippen molar-refractivity contribution in [3.63, 3.8) is 0 Å². The second kappa shape index (κ2) is 4.30. The fourth-order valence-corrected chi connectivity index (χ4v) is 1.98. The Morgan fingerprint density at radius 2 is 2.07 bits per heavy atom. The van der Waals surface area contributed by atoms with Crippen LogP contribution in [-0.2, 0) is 6.42 Å². The molecule has 14 heavy (non-hydrogen) atoms. The van der Waals surface area contributed by atoms with Crippen LogP contribution < -0.4 is 5.32 Å². The molecule has 1 aromatic carbocycles. The van der Waals surface area contributed by atoms with Crippen molar-refractivity contribution in [1.29, 1.82) is 0 Å². The van der Waals surface area contributed by atoms with Crippen molar-refractivity contribution in [2.75, 3.05) is 6.54 Å². The molecule has 0 unspecified atom stereocenters. The minimum Gasteiger partial charge on any atom is -0.392 e. The number of hydrogen-bond donors (Lipinski definition) is 2. The van der Waals surface area contributed by atoms with Crippen LogP contribution in [0, 0.1) is 0 Å². The van der Waals surface area contributed by atoms with Gasteiger partial charge in [-0.1, -0.05) is 23.7 Å². The predicted molar refractivity (Wildman–Crippen MR) is 57.6 cm³/mol. The topological polar surface area (TPSA) is 32.3 Å². The van der Waals surface area contributed by atoms with E-state index >= 15 is 0 Å².